The molecule has 6 heterocycles. The third-order valence-corrected chi connectivity index (χ3v) is 8.94. The van der Waals surface area contributed by atoms with Gasteiger partial charge in [-0.3, -0.25) is 18.7 Å². The van der Waals surface area contributed by atoms with Crippen LogP contribution in [0.25, 0.3) is 21.8 Å². The largest absolute Gasteiger partial charge is 0.315 e. The fourth-order valence-electron chi connectivity index (χ4n) is 6.35. The van der Waals surface area contributed by atoms with Gasteiger partial charge in [-0.2, -0.15) is 0 Å². The Bertz CT molecular complexity index is 2430. The van der Waals surface area contributed by atoms with Crippen molar-refractivity contribution in [3.63, 3.8) is 0 Å². The van der Waals surface area contributed by atoms with Crippen LogP contribution in [0.4, 0.5) is 0 Å². The smallest absolute Gasteiger partial charge is 0.261 e. The molecule has 0 saturated carbocycles. The molecule has 0 bridgehead atoms. The number of hydrogen-bond donors (Lipinski definition) is 1. The molecule has 0 saturated heterocycles. The number of benzene rings is 2. The van der Waals surface area contributed by atoms with Gasteiger partial charge in [0.15, 0.2) is 0 Å². The van der Waals surface area contributed by atoms with Crippen molar-refractivity contribution in [3.05, 3.63) is 140 Å². The van der Waals surface area contributed by atoms with Crippen LogP contribution in [0.15, 0.2) is 94.8 Å². The van der Waals surface area contributed by atoms with E-state index in [4.69, 9.17) is 9.97 Å². The second kappa shape index (κ2) is 16.8. The zero-order valence-corrected chi connectivity index (χ0v) is 28.6. The van der Waals surface area contributed by atoms with Crippen molar-refractivity contribution in [1.29, 1.82) is 0 Å². The predicted octanol–water partition coefficient (Wildman–Crippen LogP) is 4.43. The zero-order valence-electron chi connectivity index (χ0n) is 28.6. The zero-order chi connectivity index (χ0) is 35.0. The minimum absolute atomic E-state index is 0. The lowest BCUT2D eigenvalue weighted by Gasteiger charge is -2.17. The van der Waals surface area contributed by atoms with Gasteiger partial charge in [0.1, 0.15) is 23.0 Å². The standard InChI is InChI=1S/C22H22N4O.C19H16N4O.CH4/c1-2-12-25-13-10-21-24-20-16-17(6-8-18-5-3-4-11-23-18)7-9-19(20)22(27)26(21)15-14-25;24-19-16-7-5-14(4-6-15-3-1-2-9-21-15)13-17(16)22-18-8-10-20-11-12-23(18)19;/h3-5,7,9,11,16H,2,10,12-15H2,1H3;1-3,5,7,9,13,20H,8,10-12H2;1H4. The molecule has 52 heavy (non-hydrogen) atoms. The van der Waals surface area contributed by atoms with Crippen molar-refractivity contribution in [2.75, 3.05) is 32.7 Å². The van der Waals surface area contributed by atoms with Crippen molar-refractivity contribution in [2.45, 2.75) is 46.7 Å². The monoisotopic (exact) mass is 690 g/mol. The number of pyridine rings is 2. The highest BCUT2D eigenvalue weighted by Gasteiger charge is 2.17. The summed E-state index contributed by atoms with van der Waals surface area (Å²) in [4.78, 5) is 45.9. The van der Waals surface area contributed by atoms with Crippen LogP contribution >= 0.6 is 0 Å². The van der Waals surface area contributed by atoms with Crippen LogP contribution < -0.4 is 16.4 Å². The molecular weight excluding hydrogens is 649 g/mol. The summed E-state index contributed by atoms with van der Waals surface area (Å²) in [6, 6.07) is 22.5. The number of fused-ring (bicyclic) bond motifs is 4. The van der Waals surface area contributed by atoms with E-state index in [9.17, 15) is 9.59 Å². The van der Waals surface area contributed by atoms with E-state index in [-0.39, 0.29) is 18.5 Å². The number of nitrogens with zero attached hydrogens (tertiary/aromatic N) is 7. The van der Waals surface area contributed by atoms with E-state index in [0.29, 0.717) is 29.4 Å². The molecule has 0 spiro atoms. The van der Waals surface area contributed by atoms with E-state index >= 15 is 0 Å². The maximum atomic E-state index is 12.9. The van der Waals surface area contributed by atoms with E-state index in [2.05, 4.69) is 50.8 Å². The summed E-state index contributed by atoms with van der Waals surface area (Å²) < 4.78 is 3.62. The second-order valence-electron chi connectivity index (χ2n) is 12.5. The summed E-state index contributed by atoms with van der Waals surface area (Å²) in [6.07, 6.45) is 6.13. The molecule has 8 rings (SSSR count). The van der Waals surface area contributed by atoms with Gasteiger partial charge in [-0.1, -0.05) is 38.3 Å². The Morgan fingerprint density at radius 2 is 1.23 bits per heavy atom. The summed E-state index contributed by atoms with van der Waals surface area (Å²) in [5.41, 5.74) is 4.63. The van der Waals surface area contributed by atoms with E-state index in [1.807, 2.05) is 77.4 Å². The lowest BCUT2D eigenvalue weighted by molar-refractivity contribution is 0.280. The van der Waals surface area contributed by atoms with Gasteiger partial charge < -0.3 is 10.2 Å². The molecule has 0 radical (unpaired) electrons. The molecule has 0 unspecified atom stereocenters. The third-order valence-electron chi connectivity index (χ3n) is 8.94. The quantitative estimate of drug-likeness (QED) is 0.266. The highest BCUT2D eigenvalue weighted by atomic mass is 16.1. The van der Waals surface area contributed by atoms with Crippen LogP contribution in [0.3, 0.4) is 0 Å². The highest BCUT2D eigenvalue weighted by Crippen LogP contribution is 2.15. The average Bonchev–Trinajstić information content (AvgIpc) is 3.53. The van der Waals surface area contributed by atoms with E-state index in [0.717, 1.165) is 91.7 Å². The Morgan fingerprint density at radius 1 is 0.654 bits per heavy atom. The van der Waals surface area contributed by atoms with Crippen LogP contribution in [0.2, 0.25) is 0 Å². The van der Waals surface area contributed by atoms with Crippen molar-refractivity contribution in [3.8, 4) is 23.7 Å². The summed E-state index contributed by atoms with van der Waals surface area (Å²) >= 11 is 0. The summed E-state index contributed by atoms with van der Waals surface area (Å²) in [6.45, 7) is 8.12. The van der Waals surface area contributed by atoms with Gasteiger partial charge >= 0.3 is 0 Å². The first-order valence-corrected chi connectivity index (χ1v) is 17.4. The van der Waals surface area contributed by atoms with Gasteiger partial charge in [0, 0.05) is 75.6 Å². The molecular formula is C42H42N8O2. The lowest BCUT2D eigenvalue weighted by Crippen LogP contribution is -2.29. The molecule has 0 atom stereocenters. The Labute approximate surface area is 303 Å². The van der Waals surface area contributed by atoms with Gasteiger partial charge in [0.2, 0.25) is 0 Å². The maximum Gasteiger partial charge on any atom is 0.261 e. The number of nitrogens with one attached hydrogen (secondary N) is 1. The molecule has 0 fully saturated rings. The van der Waals surface area contributed by atoms with Crippen LogP contribution in [0.1, 0.15) is 54.9 Å². The highest BCUT2D eigenvalue weighted by molar-refractivity contribution is 5.80. The molecule has 4 aromatic heterocycles. The van der Waals surface area contributed by atoms with E-state index in [1.165, 1.54) is 0 Å². The first kappa shape index (κ1) is 35.9. The van der Waals surface area contributed by atoms with Crippen molar-refractivity contribution < 1.29 is 0 Å². The Kier molecular flexibility index (Phi) is 11.6. The molecule has 1 N–H and O–H groups in total. The molecule has 2 aliphatic heterocycles. The van der Waals surface area contributed by atoms with Gasteiger partial charge in [0.25, 0.3) is 11.1 Å². The molecule has 10 nitrogen and oxygen atoms in total. The first-order valence-electron chi connectivity index (χ1n) is 17.4. The summed E-state index contributed by atoms with van der Waals surface area (Å²) in [5, 5.41) is 4.60. The van der Waals surface area contributed by atoms with Crippen LogP contribution in [0.5, 0.6) is 0 Å². The number of hydrogen-bond acceptors (Lipinski definition) is 8. The maximum absolute atomic E-state index is 12.9. The fraction of sp³-hybridized carbons (Fsp3) is 0.286. The Hall–Kier alpha value is -5.94. The Balaban J connectivity index is 0.000000176. The molecule has 2 aliphatic rings. The first-order chi connectivity index (χ1) is 25.1. The Morgan fingerprint density at radius 3 is 1.79 bits per heavy atom. The minimum atomic E-state index is 0. The molecule has 262 valence electrons. The number of rotatable bonds is 2. The van der Waals surface area contributed by atoms with Crippen LogP contribution in [0, 0.1) is 23.7 Å². The van der Waals surface area contributed by atoms with E-state index in [1.54, 1.807) is 17.0 Å². The van der Waals surface area contributed by atoms with Gasteiger partial charge in [-0.25, -0.2) is 19.9 Å². The molecule has 2 aromatic carbocycles. The molecule has 10 heteroatoms. The predicted molar refractivity (Wildman–Crippen MR) is 206 cm³/mol. The minimum Gasteiger partial charge on any atom is -0.315 e. The van der Waals surface area contributed by atoms with Crippen molar-refractivity contribution in [2.24, 2.45) is 0 Å². The van der Waals surface area contributed by atoms with Gasteiger partial charge in [-0.15, -0.1) is 0 Å². The summed E-state index contributed by atoms with van der Waals surface area (Å²) in [5.74, 6) is 14.0. The molecule has 0 aliphatic carbocycles. The average molecular weight is 691 g/mol. The lowest BCUT2D eigenvalue weighted by atomic mass is 10.1. The SMILES string of the molecule is C.CCCN1CCc2nc3cc(C#Cc4ccccn4)ccc3c(=O)n2CC1.O=c1c2ccc(C#Cc3ccccn3)cc2nc2n1CCNCC2. The van der Waals surface area contributed by atoms with Crippen molar-refractivity contribution >= 4 is 21.8 Å². The van der Waals surface area contributed by atoms with Crippen LogP contribution in [-0.4, -0.2) is 66.7 Å². The topological polar surface area (TPSA) is 111 Å². The molecule has 6 aromatic rings. The van der Waals surface area contributed by atoms with Crippen LogP contribution in [-0.2, 0) is 25.9 Å². The van der Waals surface area contributed by atoms with E-state index < -0.39 is 0 Å². The second-order valence-corrected chi connectivity index (χ2v) is 12.5. The molecule has 0 amide bonds. The fourth-order valence-corrected chi connectivity index (χ4v) is 6.35. The van der Waals surface area contributed by atoms with Gasteiger partial charge in [-0.05, 0) is 85.5 Å². The summed E-state index contributed by atoms with van der Waals surface area (Å²) in [7, 11) is 0. The third kappa shape index (κ3) is 8.33. The van der Waals surface area contributed by atoms with Crippen molar-refractivity contribution in [1.82, 2.24) is 39.3 Å². The van der Waals surface area contributed by atoms with Gasteiger partial charge in [0.05, 0.1) is 21.8 Å². The number of aromatic nitrogens is 6. The normalized spacial score (nSPS) is 13.7.